The van der Waals surface area contributed by atoms with Crippen LogP contribution in [-0.4, -0.2) is 71.5 Å². The Bertz CT molecular complexity index is 785. The van der Waals surface area contributed by atoms with Gasteiger partial charge in [0, 0.05) is 19.2 Å². The predicted molar refractivity (Wildman–Crippen MR) is 99.4 cm³/mol. The van der Waals surface area contributed by atoms with Crippen LogP contribution in [-0.2, 0) is 14.3 Å². The van der Waals surface area contributed by atoms with Gasteiger partial charge in [0.05, 0.1) is 42.6 Å². The van der Waals surface area contributed by atoms with Gasteiger partial charge in [0.2, 0.25) is 0 Å². The second-order valence-electron chi connectivity index (χ2n) is 7.44. The van der Waals surface area contributed by atoms with Crippen LogP contribution in [0.2, 0.25) is 0 Å². The third-order valence-corrected chi connectivity index (χ3v) is 5.59. The normalized spacial score (nSPS) is 32.0. The Hall–Kier alpha value is -2.09. The Morgan fingerprint density at radius 2 is 2.10 bits per heavy atom. The van der Waals surface area contributed by atoms with Crippen molar-refractivity contribution < 1.29 is 34.0 Å². The maximum Gasteiger partial charge on any atom is 0.259 e. The number of anilines is 1. The number of methoxy groups -OCH3 is 1. The van der Waals surface area contributed by atoms with Crippen molar-refractivity contribution in [3.05, 3.63) is 29.6 Å². The summed E-state index contributed by atoms with van der Waals surface area (Å²) in [5.74, 6) is -1.26. The highest BCUT2D eigenvalue weighted by Gasteiger charge is 2.45. The van der Waals surface area contributed by atoms with Gasteiger partial charge in [0.15, 0.2) is 6.10 Å². The number of carbonyl (C=O) groups is 1. The summed E-state index contributed by atoms with van der Waals surface area (Å²) in [6, 6.07) is 4.82. The monoisotopic (exact) mass is 408 g/mol. The molecule has 158 valence electrons. The average molecular weight is 408 g/mol. The van der Waals surface area contributed by atoms with E-state index in [4.69, 9.17) is 9.47 Å². The second kappa shape index (κ2) is 9.15. The zero-order valence-electron chi connectivity index (χ0n) is 16.1. The summed E-state index contributed by atoms with van der Waals surface area (Å²) in [5, 5.41) is 39.1. The standard InChI is InChI=1S/C20H25FN2O6/c1-28-17-8-16(26)18(10-24)29-19(17)20(27)23(14-3-2-4-15(14)25)13-6-11(9-22)5-12(21)7-13/h5-7,14-19,24-26H,2-4,8,10H2,1H3/t14-,15-,16?,17?,18?,19?/m0/s1. The molecule has 1 saturated heterocycles. The van der Waals surface area contributed by atoms with Gasteiger partial charge in [-0.3, -0.25) is 4.79 Å². The maximum absolute atomic E-state index is 14.1. The molecular formula is C20H25FN2O6. The molecule has 3 rings (SSSR count). The van der Waals surface area contributed by atoms with Gasteiger partial charge in [0.25, 0.3) is 5.91 Å². The van der Waals surface area contributed by atoms with Gasteiger partial charge in [-0.25, -0.2) is 4.39 Å². The first-order valence-corrected chi connectivity index (χ1v) is 9.58. The fourth-order valence-corrected chi connectivity index (χ4v) is 4.10. The van der Waals surface area contributed by atoms with Crippen molar-refractivity contribution in [2.75, 3.05) is 18.6 Å². The van der Waals surface area contributed by atoms with Crippen molar-refractivity contribution in [1.82, 2.24) is 0 Å². The number of halogens is 1. The molecule has 2 fully saturated rings. The van der Waals surface area contributed by atoms with Gasteiger partial charge >= 0.3 is 0 Å². The molecule has 1 aliphatic heterocycles. The Morgan fingerprint density at radius 3 is 2.69 bits per heavy atom. The molecule has 1 heterocycles. The Labute approximate surface area is 168 Å². The number of aliphatic hydroxyl groups excluding tert-OH is 3. The predicted octanol–water partition coefficient (Wildman–Crippen LogP) is 0.469. The summed E-state index contributed by atoms with van der Waals surface area (Å²) in [5.41, 5.74) is 0.185. The number of hydrogen-bond donors (Lipinski definition) is 3. The van der Waals surface area contributed by atoms with Crippen molar-refractivity contribution in [2.24, 2.45) is 0 Å². The summed E-state index contributed by atoms with van der Waals surface area (Å²) in [7, 11) is 1.38. The van der Waals surface area contributed by atoms with Gasteiger partial charge in [-0.1, -0.05) is 0 Å². The molecule has 2 aliphatic rings. The fraction of sp³-hybridized carbons (Fsp3) is 0.600. The van der Waals surface area contributed by atoms with E-state index in [1.807, 2.05) is 6.07 Å². The lowest BCUT2D eigenvalue weighted by Crippen LogP contribution is -2.58. The van der Waals surface area contributed by atoms with E-state index in [0.717, 1.165) is 12.1 Å². The molecule has 8 nitrogen and oxygen atoms in total. The third-order valence-electron chi connectivity index (χ3n) is 5.59. The zero-order chi connectivity index (χ0) is 21.1. The molecule has 1 aromatic rings. The quantitative estimate of drug-likeness (QED) is 0.647. The van der Waals surface area contributed by atoms with E-state index in [2.05, 4.69) is 0 Å². The number of amides is 1. The molecule has 1 saturated carbocycles. The van der Waals surface area contributed by atoms with E-state index < -0.39 is 54.9 Å². The number of aliphatic hydroxyl groups is 3. The number of carbonyl (C=O) groups excluding carboxylic acids is 1. The summed E-state index contributed by atoms with van der Waals surface area (Å²) in [4.78, 5) is 14.8. The molecule has 1 aromatic carbocycles. The van der Waals surface area contributed by atoms with E-state index in [9.17, 15) is 29.8 Å². The molecular weight excluding hydrogens is 383 g/mol. The van der Waals surface area contributed by atoms with Crippen LogP contribution in [0.3, 0.4) is 0 Å². The number of ether oxygens (including phenoxy) is 2. The van der Waals surface area contributed by atoms with Crippen LogP contribution in [0.15, 0.2) is 18.2 Å². The summed E-state index contributed by atoms with van der Waals surface area (Å²) >= 11 is 0. The van der Waals surface area contributed by atoms with E-state index >= 15 is 0 Å². The van der Waals surface area contributed by atoms with Crippen LogP contribution in [0.25, 0.3) is 0 Å². The van der Waals surface area contributed by atoms with Gasteiger partial charge < -0.3 is 29.7 Å². The first-order chi connectivity index (χ1) is 13.9. The summed E-state index contributed by atoms with van der Waals surface area (Å²) in [6.07, 6.45) is -2.97. The minimum absolute atomic E-state index is 0.0433. The summed E-state index contributed by atoms with van der Waals surface area (Å²) < 4.78 is 25.1. The molecule has 6 atom stereocenters. The molecule has 1 aliphatic carbocycles. The van der Waals surface area contributed by atoms with Crippen LogP contribution >= 0.6 is 0 Å². The lowest BCUT2D eigenvalue weighted by Gasteiger charge is -2.41. The lowest BCUT2D eigenvalue weighted by atomic mass is 9.96. The van der Waals surface area contributed by atoms with Crippen molar-refractivity contribution >= 4 is 11.6 Å². The van der Waals surface area contributed by atoms with Crippen LogP contribution in [0.1, 0.15) is 31.2 Å². The fourth-order valence-electron chi connectivity index (χ4n) is 4.10. The molecule has 0 spiro atoms. The minimum Gasteiger partial charge on any atom is -0.394 e. The summed E-state index contributed by atoms with van der Waals surface area (Å²) in [6.45, 7) is -0.480. The van der Waals surface area contributed by atoms with E-state index in [1.165, 1.54) is 18.1 Å². The SMILES string of the molecule is COC1CC(O)C(CO)OC1C(=O)N(c1cc(F)cc(C#N)c1)[C@H]1CCC[C@@H]1O. The average Bonchev–Trinajstić information content (AvgIpc) is 3.12. The van der Waals surface area contributed by atoms with Gasteiger partial charge in [-0.2, -0.15) is 5.26 Å². The first-order valence-electron chi connectivity index (χ1n) is 9.58. The molecule has 4 unspecified atom stereocenters. The minimum atomic E-state index is -1.16. The van der Waals surface area contributed by atoms with E-state index in [-0.39, 0.29) is 17.7 Å². The highest BCUT2D eigenvalue weighted by Crippen LogP contribution is 2.33. The van der Waals surface area contributed by atoms with Crippen LogP contribution in [0, 0.1) is 17.1 Å². The molecule has 29 heavy (non-hydrogen) atoms. The highest BCUT2D eigenvalue weighted by molar-refractivity contribution is 5.98. The number of nitrogens with zero attached hydrogens (tertiary/aromatic N) is 2. The number of benzene rings is 1. The highest BCUT2D eigenvalue weighted by atomic mass is 19.1. The molecule has 0 radical (unpaired) electrons. The van der Waals surface area contributed by atoms with Gasteiger partial charge in [0.1, 0.15) is 11.9 Å². The van der Waals surface area contributed by atoms with Crippen LogP contribution in [0.4, 0.5) is 10.1 Å². The van der Waals surface area contributed by atoms with Crippen LogP contribution < -0.4 is 4.90 Å². The van der Waals surface area contributed by atoms with Crippen molar-refractivity contribution in [2.45, 2.75) is 62.2 Å². The molecule has 1 amide bonds. The smallest absolute Gasteiger partial charge is 0.259 e. The first kappa shape index (κ1) is 21.6. The third kappa shape index (κ3) is 4.42. The molecule has 0 bridgehead atoms. The second-order valence-corrected chi connectivity index (χ2v) is 7.44. The van der Waals surface area contributed by atoms with Crippen LogP contribution in [0.5, 0.6) is 0 Å². The topological polar surface area (TPSA) is 123 Å². The number of nitriles is 1. The maximum atomic E-state index is 14.1. The molecule has 3 N–H and O–H groups in total. The lowest BCUT2D eigenvalue weighted by molar-refractivity contribution is -0.190. The largest absolute Gasteiger partial charge is 0.394 e. The van der Waals surface area contributed by atoms with E-state index in [0.29, 0.717) is 19.3 Å². The van der Waals surface area contributed by atoms with Gasteiger partial charge in [-0.05, 0) is 37.5 Å². The number of rotatable bonds is 5. The number of hydrogen-bond acceptors (Lipinski definition) is 7. The van der Waals surface area contributed by atoms with Crippen molar-refractivity contribution in [3.63, 3.8) is 0 Å². The van der Waals surface area contributed by atoms with E-state index in [1.54, 1.807) is 0 Å². The van der Waals surface area contributed by atoms with Crippen molar-refractivity contribution in [3.8, 4) is 6.07 Å². The Kier molecular flexibility index (Phi) is 6.82. The molecule has 9 heteroatoms. The Morgan fingerprint density at radius 1 is 1.34 bits per heavy atom. The van der Waals surface area contributed by atoms with Crippen molar-refractivity contribution in [1.29, 1.82) is 5.26 Å². The zero-order valence-corrected chi connectivity index (χ0v) is 16.1. The molecule has 0 aromatic heterocycles. The van der Waals surface area contributed by atoms with Gasteiger partial charge in [-0.15, -0.1) is 0 Å². The Balaban J connectivity index is 2.00.